The van der Waals surface area contributed by atoms with Gasteiger partial charge in [-0.15, -0.1) is 0 Å². The molecule has 208 valence electrons. The molecule has 0 saturated heterocycles. The zero-order valence-corrected chi connectivity index (χ0v) is 25.1. The molecule has 3 aromatic carbocycles. The third kappa shape index (κ3) is 6.13. The molecular weight excluding hydrogens is 544 g/mol. The van der Waals surface area contributed by atoms with Gasteiger partial charge in [-0.25, -0.2) is 13.8 Å². The quantitative estimate of drug-likeness (QED) is 0.197. The molecule has 0 unspecified atom stereocenters. The van der Waals surface area contributed by atoms with E-state index in [1.54, 1.807) is 36.5 Å². The second-order valence-corrected chi connectivity index (χ2v) is 12.3. The van der Waals surface area contributed by atoms with Crippen molar-refractivity contribution in [2.24, 2.45) is 5.10 Å². The van der Waals surface area contributed by atoms with Gasteiger partial charge in [-0.05, 0) is 101 Å². The number of nitrogens with zero attached hydrogens (tertiary/aromatic N) is 3. The van der Waals surface area contributed by atoms with Crippen LogP contribution >= 0.6 is 11.6 Å². The molecule has 40 heavy (non-hydrogen) atoms. The molecule has 1 N–H and O–H groups in total. The van der Waals surface area contributed by atoms with E-state index in [0.717, 1.165) is 38.1 Å². The molecule has 0 saturated carbocycles. The van der Waals surface area contributed by atoms with Crippen LogP contribution in [-0.4, -0.2) is 31.7 Å². The summed E-state index contributed by atoms with van der Waals surface area (Å²) in [7, 11) is -4.06. The molecular formula is C31H33ClN4O3S. The van der Waals surface area contributed by atoms with E-state index < -0.39 is 22.5 Å². The van der Waals surface area contributed by atoms with Gasteiger partial charge >= 0.3 is 0 Å². The van der Waals surface area contributed by atoms with Crippen molar-refractivity contribution in [2.45, 2.75) is 46.4 Å². The van der Waals surface area contributed by atoms with Gasteiger partial charge in [0.1, 0.15) is 6.54 Å². The molecule has 9 heteroatoms. The van der Waals surface area contributed by atoms with E-state index in [4.69, 9.17) is 11.6 Å². The molecule has 4 rings (SSSR count). The van der Waals surface area contributed by atoms with Crippen molar-refractivity contribution < 1.29 is 13.2 Å². The monoisotopic (exact) mass is 576 g/mol. The number of carbonyl (C=O) groups is 1. The first-order chi connectivity index (χ1) is 18.9. The Balaban J connectivity index is 1.57. The Morgan fingerprint density at radius 3 is 2.23 bits per heavy atom. The Morgan fingerprint density at radius 2 is 1.57 bits per heavy atom. The maximum atomic E-state index is 13.6. The molecule has 0 aliphatic heterocycles. The van der Waals surface area contributed by atoms with E-state index in [2.05, 4.69) is 47.1 Å². The summed E-state index contributed by atoms with van der Waals surface area (Å²) in [4.78, 5) is 13.1. The summed E-state index contributed by atoms with van der Waals surface area (Å²) in [5.74, 6) is -0.591. The lowest BCUT2D eigenvalue weighted by Gasteiger charge is -2.24. The number of hydrogen-bond donors (Lipinski definition) is 1. The fourth-order valence-electron chi connectivity index (χ4n) is 4.41. The largest absolute Gasteiger partial charge is 0.318 e. The number of sulfonamides is 1. The van der Waals surface area contributed by atoms with Gasteiger partial charge in [0.2, 0.25) is 0 Å². The third-order valence-corrected chi connectivity index (χ3v) is 9.15. The smallest absolute Gasteiger partial charge is 0.264 e. The molecule has 7 nitrogen and oxygen atoms in total. The van der Waals surface area contributed by atoms with Crippen molar-refractivity contribution >= 4 is 39.4 Å². The Bertz CT molecular complexity index is 1710. The van der Waals surface area contributed by atoms with Crippen molar-refractivity contribution in [2.75, 3.05) is 10.8 Å². The summed E-state index contributed by atoms with van der Waals surface area (Å²) in [6.45, 7) is 11.4. The van der Waals surface area contributed by atoms with Crippen LogP contribution in [0, 0.1) is 41.5 Å². The molecule has 0 spiro atoms. The first-order valence-corrected chi connectivity index (χ1v) is 14.6. The normalized spacial score (nSPS) is 11.7. The van der Waals surface area contributed by atoms with E-state index >= 15 is 0 Å². The van der Waals surface area contributed by atoms with Crippen LogP contribution in [0.25, 0.3) is 5.69 Å². The highest BCUT2D eigenvalue weighted by molar-refractivity contribution is 7.92. The Labute approximate surface area is 241 Å². The highest BCUT2D eigenvalue weighted by Gasteiger charge is 2.27. The lowest BCUT2D eigenvalue weighted by atomic mass is 10.1. The Hall–Kier alpha value is -3.88. The highest BCUT2D eigenvalue weighted by atomic mass is 35.5. The van der Waals surface area contributed by atoms with Crippen molar-refractivity contribution in [3.8, 4) is 5.69 Å². The maximum Gasteiger partial charge on any atom is 0.264 e. The summed E-state index contributed by atoms with van der Waals surface area (Å²) in [5.41, 5.74) is 10.8. The number of anilines is 1. The Morgan fingerprint density at radius 1 is 0.900 bits per heavy atom. The number of hydrogen-bond acceptors (Lipinski definition) is 4. The lowest BCUT2D eigenvalue weighted by Crippen LogP contribution is -2.39. The van der Waals surface area contributed by atoms with E-state index in [1.165, 1.54) is 23.3 Å². The molecule has 0 atom stereocenters. The lowest BCUT2D eigenvalue weighted by molar-refractivity contribution is -0.119. The zero-order chi connectivity index (χ0) is 29.2. The number of carbonyl (C=O) groups excluding carboxylic acids is 1. The van der Waals surface area contributed by atoms with Gasteiger partial charge in [0, 0.05) is 27.7 Å². The Kier molecular flexibility index (Phi) is 8.51. The summed E-state index contributed by atoms with van der Waals surface area (Å²) in [5, 5.41) is 4.54. The van der Waals surface area contributed by atoms with Crippen LogP contribution in [0.5, 0.6) is 0 Å². The van der Waals surface area contributed by atoms with E-state index in [-0.39, 0.29) is 10.6 Å². The predicted molar refractivity (Wildman–Crippen MR) is 162 cm³/mol. The summed E-state index contributed by atoms with van der Waals surface area (Å²) in [6, 6.07) is 19.7. The molecule has 0 aliphatic carbocycles. The number of benzene rings is 3. The number of aryl methyl sites for hydroxylation is 5. The van der Waals surface area contributed by atoms with Crippen LogP contribution in [0.2, 0.25) is 5.02 Å². The molecule has 0 aliphatic rings. The minimum absolute atomic E-state index is 0.0740. The first-order valence-electron chi connectivity index (χ1n) is 12.8. The summed E-state index contributed by atoms with van der Waals surface area (Å²) >= 11 is 6.31. The van der Waals surface area contributed by atoms with Crippen molar-refractivity contribution in [1.82, 2.24) is 9.99 Å². The van der Waals surface area contributed by atoms with E-state index in [0.29, 0.717) is 5.02 Å². The van der Waals surface area contributed by atoms with Crippen LogP contribution < -0.4 is 9.73 Å². The standard InChI is InChI=1S/C31H33ClN4O3S/c1-20-7-13-29(14-8-20)40(38,39)35(27-11-10-22(3)30(32)17-27)19-31(37)34-33-18-26-16-24(5)36(25(26)6)28-12-9-21(2)23(4)15-28/h7-18H,19H2,1-6H3,(H,34,37)/b33-18-. The predicted octanol–water partition coefficient (Wildman–Crippen LogP) is 6.33. The topological polar surface area (TPSA) is 83.8 Å². The SMILES string of the molecule is Cc1ccc(S(=O)(=O)N(CC(=O)N/N=C\c2cc(C)n(-c3ccc(C)c(C)c3)c2C)c2ccc(C)c(Cl)c2)cc1. The van der Waals surface area contributed by atoms with Crippen LogP contribution in [0.1, 0.15) is 39.2 Å². The fourth-order valence-corrected chi connectivity index (χ4v) is 6.00. The number of halogens is 1. The second kappa shape index (κ2) is 11.7. The van der Waals surface area contributed by atoms with Gasteiger partial charge in [0.05, 0.1) is 16.8 Å². The number of hydrazone groups is 1. The molecule has 0 radical (unpaired) electrons. The molecule has 1 aromatic heterocycles. The van der Waals surface area contributed by atoms with E-state index in [1.807, 2.05) is 33.8 Å². The van der Waals surface area contributed by atoms with Gasteiger partial charge in [-0.1, -0.05) is 41.4 Å². The fraction of sp³-hybridized carbons (Fsp3) is 0.226. The molecule has 1 heterocycles. The molecule has 0 bridgehead atoms. The third-order valence-electron chi connectivity index (χ3n) is 6.95. The second-order valence-electron chi connectivity index (χ2n) is 9.98. The van der Waals surface area contributed by atoms with Gasteiger partial charge in [-0.2, -0.15) is 5.10 Å². The average Bonchev–Trinajstić information content (AvgIpc) is 3.18. The molecule has 0 fully saturated rings. The van der Waals surface area contributed by atoms with E-state index in [9.17, 15) is 13.2 Å². The van der Waals surface area contributed by atoms with Crippen LogP contribution in [0.15, 0.2) is 76.7 Å². The minimum Gasteiger partial charge on any atom is -0.318 e. The maximum absolute atomic E-state index is 13.6. The van der Waals surface area contributed by atoms with Crippen molar-refractivity contribution in [1.29, 1.82) is 0 Å². The van der Waals surface area contributed by atoms with Gasteiger partial charge in [-0.3, -0.25) is 9.10 Å². The number of nitrogens with one attached hydrogen (secondary N) is 1. The van der Waals surface area contributed by atoms with Crippen LogP contribution in [0.3, 0.4) is 0 Å². The van der Waals surface area contributed by atoms with Crippen LogP contribution in [-0.2, 0) is 14.8 Å². The number of rotatable bonds is 8. The average molecular weight is 577 g/mol. The van der Waals surface area contributed by atoms with Gasteiger partial charge in [0.25, 0.3) is 15.9 Å². The summed E-state index contributed by atoms with van der Waals surface area (Å²) in [6.07, 6.45) is 1.57. The van der Waals surface area contributed by atoms with Crippen molar-refractivity contribution in [3.63, 3.8) is 0 Å². The first kappa shape index (κ1) is 29.1. The van der Waals surface area contributed by atoms with Gasteiger partial charge in [0.15, 0.2) is 0 Å². The zero-order valence-electron chi connectivity index (χ0n) is 23.5. The number of amides is 1. The van der Waals surface area contributed by atoms with Crippen molar-refractivity contribution in [3.05, 3.63) is 111 Å². The highest BCUT2D eigenvalue weighted by Crippen LogP contribution is 2.28. The molecule has 4 aromatic rings. The summed E-state index contributed by atoms with van der Waals surface area (Å²) < 4.78 is 30.4. The number of aromatic nitrogens is 1. The van der Waals surface area contributed by atoms with Crippen LogP contribution in [0.4, 0.5) is 5.69 Å². The van der Waals surface area contributed by atoms with Gasteiger partial charge < -0.3 is 4.57 Å². The molecule has 1 amide bonds. The minimum atomic E-state index is -4.06.